The Kier molecular flexibility index (Phi) is 6.01. The van der Waals surface area contributed by atoms with E-state index in [1.807, 2.05) is 93.6 Å². The molecule has 0 aliphatic carbocycles. The van der Waals surface area contributed by atoms with Gasteiger partial charge in [-0.1, -0.05) is 65.3 Å². The van der Waals surface area contributed by atoms with Crippen molar-refractivity contribution in [3.05, 3.63) is 106 Å². The number of tetrazole rings is 1. The quantitative estimate of drug-likeness (QED) is 0.424. The standard InChI is InChI=1S/C27H26N6O2/c1-17-12-13-23(18(2)14-17)29-26(34)24-19(3)28-27-30-31-32-33(27)25(24)21-10-7-11-22(15-21)35-16-20-8-5-4-6-9-20/h4-15,25H,16H2,1-3H3,(H,29,34)(H,28,30,32). The van der Waals surface area contributed by atoms with Gasteiger partial charge in [-0.15, -0.1) is 0 Å². The molecule has 2 N–H and O–H groups in total. The molecule has 0 saturated heterocycles. The minimum Gasteiger partial charge on any atom is -0.489 e. The van der Waals surface area contributed by atoms with E-state index in [2.05, 4.69) is 26.2 Å². The van der Waals surface area contributed by atoms with Crippen LogP contribution in [-0.2, 0) is 11.4 Å². The lowest BCUT2D eigenvalue weighted by atomic mass is 9.94. The smallest absolute Gasteiger partial charge is 0.255 e. The summed E-state index contributed by atoms with van der Waals surface area (Å²) in [7, 11) is 0. The second-order valence-corrected chi connectivity index (χ2v) is 8.63. The van der Waals surface area contributed by atoms with Gasteiger partial charge in [0.1, 0.15) is 18.4 Å². The molecule has 0 spiro atoms. The Balaban J connectivity index is 1.47. The molecule has 35 heavy (non-hydrogen) atoms. The largest absolute Gasteiger partial charge is 0.489 e. The van der Waals surface area contributed by atoms with Crippen molar-refractivity contribution in [2.45, 2.75) is 33.4 Å². The molecule has 1 aliphatic rings. The van der Waals surface area contributed by atoms with Crippen LogP contribution in [0.15, 0.2) is 84.1 Å². The molecule has 8 nitrogen and oxygen atoms in total. The van der Waals surface area contributed by atoms with Crippen LogP contribution in [0.25, 0.3) is 0 Å². The molecule has 8 heteroatoms. The van der Waals surface area contributed by atoms with Crippen LogP contribution in [0.2, 0.25) is 0 Å². The van der Waals surface area contributed by atoms with E-state index in [0.717, 1.165) is 27.9 Å². The number of ether oxygens (including phenoxy) is 1. The Hall–Kier alpha value is -4.46. The van der Waals surface area contributed by atoms with Gasteiger partial charge in [-0.25, -0.2) is 0 Å². The predicted molar refractivity (Wildman–Crippen MR) is 134 cm³/mol. The Morgan fingerprint density at radius 2 is 1.86 bits per heavy atom. The van der Waals surface area contributed by atoms with Gasteiger partial charge in [0.15, 0.2) is 0 Å². The average Bonchev–Trinajstić information content (AvgIpc) is 3.32. The van der Waals surface area contributed by atoms with Crippen LogP contribution >= 0.6 is 0 Å². The lowest BCUT2D eigenvalue weighted by molar-refractivity contribution is -0.113. The molecule has 0 radical (unpaired) electrons. The van der Waals surface area contributed by atoms with Crippen LogP contribution in [0.5, 0.6) is 5.75 Å². The number of nitrogens with one attached hydrogen (secondary N) is 2. The maximum Gasteiger partial charge on any atom is 0.255 e. The molecule has 0 saturated carbocycles. The first kappa shape index (κ1) is 22.3. The molecule has 1 aliphatic heterocycles. The fraction of sp³-hybridized carbons (Fsp3) is 0.185. The summed E-state index contributed by atoms with van der Waals surface area (Å²) in [6, 6.07) is 23.1. The highest BCUT2D eigenvalue weighted by Gasteiger charge is 2.34. The van der Waals surface area contributed by atoms with E-state index in [0.29, 0.717) is 29.6 Å². The van der Waals surface area contributed by atoms with Gasteiger partial charge < -0.3 is 15.4 Å². The lowest BCUT2D eigenvalue weighted by Crippen LogP contribution is -2.31. The third-order valence-corrected chi connectivity index (χ3v) is 6.01. The van der Waals surface area contributed by atoms with E-state index in [1.54, 1.807) is 4.68 Å². The van der Waals surface area contributed by atoms with Crippen LogP contribution in [0.1, 0.15) is 35.2 Å². The molecule has 176 valence electrons. The van der Waals surface area contributed by atoms with Gasteiger partial charge >= 0.3 is 0 Å². The van der Waals surface area contributed by atoms with Crippen LogP contribution < -0.4 is 15.4 Å². The van der Waals surface area contributed by atoms with E-state index in [9.17, 15) is 4.79 Å². The summed E-state index contributed by atoms with van der Waals surface area (Å²) in [5.74, 6) is 0.959. The van der Waals surface area contributed by atoms with Gasteiger partial charge in [-0.2, -0.15) is 4.68 Å². The normalized spacial score (nSPS) is 14.8. The zero-order chi connectivity index (χ0) is 24.4. The number of allylic oxidation sites excluding steroid dienone is 1. The van der Waals surface area contributed by atoms with E-state index < -0.39 is 6.04 Å². The van der Waals surface area contributed by atoms with Gasteiger partial charge in [0.2, 0.25) is 5.95 Å². The number of hydrogen-bond donors (Lipinski definition) is 2. The SMILES string of the molecule is CC1=C(C(=O)Nc2ccc(C)cc2C)C(c2cccc(OCc3ccccc3)c2)n2nnnc2N1. The number of amides is 1. The topological polar surface area (TPSA) is 94.0 Å². The fourth-order valence-electron chi connectivity index (χ4n) is 4.27. The molecular formula is C27H26N6O2. The van der Waals surface area contributed by atoms with Gasteiger partial charge in [0.05, 0.1) is 5.57 Å². The summed E-state index contributed by atoms with van der Waals surface area (Å²) in [6.45, 7) is 6.31. The Bertz CT molecular complexity index is 1410. The summed E-state index contributed by atoms with van der Waals surface area (Å²) >= 11 is 0. The van der Waals surface area contributed by atoms with Gasteiger partial charge in [0, 0.05) is 11.4 Å². The van der Waals surface area contributed by atoms with Gasteiger partial charge in [0.25, 0.3) is 5.91 Å². The monoisotopic (exact) mass is 466 g/mol. The first-order valence-corrected chi connectivity index (χ1v) is 11.4. The van der Waals surface area contributed by atoms with Crippen molar-refractivity contribution in [1.29, 1.82) is 0 Å². The summed E-state index contributed by atoms with van der Waals surface area (Å²) < 4.78 is 7.67. The number of rotatable bonds is 6. The zero-order valence-electron chi connectivity index (χ0n) is 19.8. The van der Waals surface area contributed by atoms with Crippen molar-refractivity contribution in [3.8, 4) is 5.75 Å². The Morgan fingerprint density at radius 3 is 2.66 bits per heavy atom. The van der Waals surface area contributed by atoms with Crippen molar-refractivity contribution in [3.63, 3.8) is 0 Å². The van der Waals surface area contributed by atoms with E-state index in [-0.39, 0.29) is 5.91 Å². The highest BCUT2D eigenvalue weighted by atomic mass is 16.5. The highest BCUT2D eigenvalue weighted by molar-refractivity contribution is 6.06. The average molecular weight is 467 g/mol. The van der Waals surface area contributed by atoms with E-state index in [4.69, 9.17) is 4.74 Å². The minimum atomic E-state index is -0.521. The first-order valence-electron chi connectivity index (χ1n) is 11.4. The Labute approximate surface area is 203 Å². The van der Waals surface area contributed by atoms with Crippen LogP contribution in [0, 0.1) is 13.8 Å². The van der Waals surface area contributed by atoms with Crippen molar-refractivity contribution in [1.82, 2.24) is 20.2 Å². The molecule has 5 rings (SSSR count). The number of hydrogen-bond acceptors (Lipinski definition) is 6. The minimum absolute atomic E-state index is 0.219. The molecule has 0 fully saturated rings. The Morgan fingerprint density at radius 1 is 1.03 bits per heavy atom. The number of carbonyl (C=O) groups is 1. The van der Waals surface area contributed by atoms with E-state index >= 15 is 0 Å². The highest BCUT2D eigenvalue weighted by Crippen LogP contribution is 2.36. The number of aromatic nitrogens is 4. The summed E-state index contributed by atoms with van der Waals surface area (Å²) in [5.41, 5.74) is 6.04. The molecule has 0 bridgehead atoms. The van der Waals surface area contributed by atoms with Crippen LogP contribution in [0.4, 0.5) is 11.6 Å². The number of fused-ring (bicyclic) bond motifs is 1. The second-order valence-electron chi connectivity index (χ2n) is 8.63. The molecule has 1 atom stereocenters. The number of nitrogens with zero attached hydrogens (tertiary/aromatic N) is 4. The molecule has 3 aromatic carbocycles. The summed E-state index contributed by atoms with van der Waals surface area (Å²) in [4.78, 5) is 13.6. The van der Waals surface area contributed by atoms with Crippen molar-refractivity contribution in [2.75, 3.05) is 10.6 Å². The number of anilines is 2. The summed E-state index contributed by atoms with van der Waals surface area (Å²) in [6.07, 6.45) is 0. The van der Waals surface area contributed by atoms with Crippen LogP contribution in [-0.4, -0.2) is 26.1 Å². The first-order chi connectivity index (χ1) is 17.0. The van der Waals surface area contributed by atoms with Crippen molar-refractivity contribution >= 4 is 17.5 Å². The fourth-order valence-corrected chi connectivity index (χ4v) is 4.27. The van der Waals surface area contributed by atoms with Gasteiger partial charge in [-0.05, 0) is 66.1 Å². The predicted octanol–water partition coefficient (Wildman–Crippen LogP) is 4.80. The molecule has 1 unspecified atom stereocenters. The number of carbonyl (C=O) groups excluding carboxylic acids is 1. The second kappa shape index (κ2) is 9.42. The molecular weight excluding hydrogens is 440 g/mol. The van der Waals surface area contributed by atoms with E-state index in [1.165, 1.54) is 0 Å². The zero-order valence-corrected chi connectivity index (χ0v) is 19.8. The third kappa shape index (κ3) is 4.63. The molecule has 1 aromatic heterocycles. The number of aryl methyl sites for hydroxylation is 2. The van der Waals surface area contributed by atoms with Crippen molar-refractivity contribution in [2.24, 2.45) is 0 Å². The number of benzene rings is 3. The van der Waals surface area contributed by atoms with Crippen LogP contribution in [0.3, 0.4) is 0 Å². The molecule has 2 heterocycles. The maximum absolute atomic E-state index is 13.6. The maximum atomic E-state index is 13.6. The third-order valence-electron chi connectivity index (χ3n) is 6.01. The summed E-state index contributed by atoms with van der Waals surface area (Å²) in [5, 5.41) is 18.3. The van der Waals surface area contributed by atoms with Gasteiger partial charge in [-0.3, -0.25) is 4.79 Å². The lowest BCUT2D eigenvalue weighted by Gasteiger charge is -2.28. The molecule has 4 aromatic rings. The van der Waals surface area contributed by atoms with Crippen molar-refractivity contribution < 1.29 is 9.53 Å². The molecule has 1 amide bonds.